The molecule has 1 heteroatoms. The van der Waals surface area contributed by atoms with Crippen molar-refractivity contribution in [1.82, 2.24) is 5.32 Å². The van der Waals surface area contributed by atoms with E-state index in [1.807, 2.05) is 0 Å². The maximum atomic E-state index is 3.65. The van der Waals surface area contributed by atoms with Crippen LogP contribution in [0.1, 0.15) is 55.3 Å². The zero-order valence-corrected chi connectivity index (χ0v) is 11.9. The van der Waals surface area contributed by atoms with Gasteiger partial charge < -0.3 is 5.32 Å². The summed E-state index contributed by atoms with van der Waals surface area (Å²) in [5.41, 5.74) is 5.82. The van der Waals surface area contributed by atoms with Crippen molar-refractivity contribution in [1.29, 1.82) is 0 Å². The van der Waals surface area contributed by atoms with Crippen LogP contribution in [0.5, 0.6) is 0 Å². The molecule has 18 heavy (non-hydrogen) atoms. The minimum absolute atomic E-state index is 0.451. The molecule has 0 heterocycles. The molecule has 0 bridgehead atoms. The van der Waals surface area contributed by atoms with Gasteiger partial charge >= 0.3 is 0 Å². The van der Waals surface area contributed by atoms with Crippen molar-refractivity contribution in [3.05, 3.63) is 46.5 Å². The van der Waals surface area contributed by atoms with Gasteiger partial charge in [0, 0.05) is 6.04 Å². The topological polar surface area (TPSA) is 12.0 Å². The van der Waals surface area contributed by atoms with E-state index < -0.39 is 0 Å². The second-order valence-electron chi connectivity index (χ2n) is 5.54. The number of hydrogen-bond acceptors (Lipinski definition) is 1. The van der Waals surface area contributed by atoms with Crippen LogP contribution in [0, 0.1) is 13.8 Å². The van der Waals surface area contributed by atoms with Crippen molar-refractivity contribution >= 4 is 0 Å². The molecule has 1 aromatic rings. The highest BCUT2D eigenvalue weighted by Crippen LogP contribution is 2.21. The number of allylic oxidation sites excluding steroid dienone is 1. The maximum absolute atomic E-state index is 3.65. The monoisotopic (exact) mass is 243 g/mol. The quantitative estimate of drug-likeness (QED) is 0.753. The minimum Gasteiger partial charge on any atom is -0.310 e. The first-order chi connectivity index (χ1) is 8.66. The van der Waals surface area contributed by atoms with E-state index in [9.17, 15) is 0 Å². The fraction of sp³-hybridized carbons (Fsp3) is 0.529. The molecule has 1 N–H and O–H groups in total. The molecular formula is C17H25N. The van der Waals surface area contributed by atoms with Gasteiger partial charge in [-0.1, -0.05) is 35.4 Å². The molecule has 0 saturated heterocycles. The molecule has 0 aliphatic heterocycles. The largest absolute Gasteiger partial charge is 0.310 e. The molecule has 1 aliphatic carbocycles. The molecule has 0 fully saturated rings. The molecule has 1 atom stereocenters. The summed E-state index contributed by atoms with van der Waals surface area (Å²) in [4.78, 5) is 0. The predicted octanol–water partition coefficient (Wildman–Crippen LogP) is 4.45. The van der Waals surface area contributed by atoms with Gasteiger partial charge in [0.15, 0.2) is 0 Å². The Morgan fingerprint density at radius 3 is 2.78 bits per heavy atom. The van der Waals surface area contributed by atoms with Crippen molar-refractivity contribution in [3.63, 3.8) is 0 Å². The van der Waals surface area contributed by atoms with Crippen molar-refractivity contribution in [2.75, 3.05) is 6.54 Å². The Labute approximate surface area is 111 Å². The fourth-order valence-electron chi connectivity index (χ4n) is 2.84. The Hall–Kier alpha value is -1.08. The first kappa shape index (κ1) is 13.4. The number of aryl methyl sites for hydroxylation is 2. The normalized spacial score (nSPS) is 16.7. The number of rotatable bonds is 5. The molecule has 1 aromatic carbocycles. The van der Waals surface area contributed by atoms with Crippen LogP contribution in [0.2, 0.25) is 0 Å². The van der Waals surface area contributed by atoms with Crippen molar-refractivity contribution in [3.8, 4) is 0 Å². The standard InChI is InChI=1S/C17H25N/c1-13-8-9-17(14(2)12-13)15(3)18-11-10-16-6-4-5-7-16/h6,8-9,12,15,18H,4-5,7,10-11H2,1-3H3. The first-order valence-electron chi connectivity index (χ1n) is 7.15. The fourth-order valence-corrected chi connectivity index (χ4v) is 2.84. The third kappa shape index (κ3) is 3.46. The summed E-state index contributed by atoms with van der Waals surface area (Å²) in [6.45, 7) is 7.72. The van der Waals surface area contributed by atoms with E-state index in [0.29, 0.717) is 6.04 Å². The highest BCUT2D eigenvalue weighted by atomic mass is 14.9. The van der Waals surface area contributed by atoms with E-state index >= 15 is 0 Å². The van der Waals surface area contributed by atoms with Crippen LogP contribution in [-0.2, 0) is 0 Å². The van der Waals surface area contributed by atoms with E-state index in [1.54, 1.807) is 5.57 Å². The lowest BCUT2D eigenvalue weighted by molar-refractivity contribution is 0.570. The van der Waals surface area contributed by atoms with Gasteiger partial charge in [0.1, 0.15) is 0 Å². The summed E-state index contributed by atoms with van der Waals surface area (Å²) in [6.07, 6.45) is 7.61. The molecule has 2 rings (SSSR count). The molecule has 0 radical (unpaired) electrons. The smallest absolute Gasteiger partial charge is 0.0294 e. The molecule has 1 unspecified atom stereocenters. The van der Waals surface area contributed by atoms with Gasteiger partial charge in [0.2, 0.25) is 0 Å². The molecule has 0 amide bonds. The van der Waals surface area contributed by atoms with E-state index in [2.05, 4.69) is 50.4 Å². The van der Waals surface area contributed by atoms with Gasteiger partial charge in [-0.05, 0) is 64.1 Å². The summed E-state index contributed by atoms with van der Waals surface area (Å²) >= 11 is 0. The molecule has 1 aliphatic rings. The summed E-state index contributed by atoms with van der Waals surface area (Å²) < 4.78 is 0. The number of benzene rings is 1. The molecule has 0 aromatic heterocycles. The van der Waals surface area contributed by atoms with E-state index in [4.69, 9.17) is 0 Å². The Morgan fingerprint density at radius 2 is 2.11 bits per heavy atom. The zero-order chi connectivity index (χ0) is 13.0. The summed E-state index contributed by atoms with van der Waals surface area (Å²) in [6, 6.07) is 7.19. The van der Waals surface area contributed by atoms with Crippen LogP contribution in [0.3, 0.4) is 0 Å². The van der Waals surface area contributed by atoms with Gasteiger partial charge in [-0.25, -0.2) is 0 Å². The van der Waals surface area contributed by atoms with Crippen molar-refractivity contribution in [2.24, 2.45) is 0 Å². The maximum Gasteiger partial charge on any atom is 0.0294 e. The summed E-state index contributed by atoms with van der Waals surface area (Å²) in [5.74, 6) is 0. The van der Waals surface area contributed by atoms with E-state index in [-0.39, 0.29) is 0 Å². The Kier molecular flexibility index (Phi) is 4.60. The third-order valence-electron chi connectivity index (χ3n) is 3.92. The van der Waals surface area contributed by atoms with Gasteiger partial charge in [-0.2, -0.15) is 0 Å². The molecular weight excluding hydrogens is 218 g/mol. The summed E-state index contributed by atoms with van der Waals surface area (Å²) in [5, 5.41) is 3.65. The summed E-state index contributed by atoms with van der Waals surface area (Å²) in [7, 11) is 0. The minimum atomic E-state index is 0.451. The molecule has 0 saturated carbocycles. The lowest BCUT2D eigenvalue weighted by Gasteiger charge is -2.17. The van der Waals surface area contributed by atoms with Crippen molar-refractivity contribution in [2.45, 2.75) is 52.5 Å². The van der Waals surface area contributed by atoms with Crippen LogP contribution in [0.25, 0.3) is 0 Å². The molecule has 0 spiro atoms. The predicted molar refractivity (Wildman–Crippen MR) is 78.9 cm³/mol. The SMILES string of the molecule is Cc1ccc(C(C)NCCC2=CCCC2)c(C)c1. The van der Waals surface area contributed by atoms with E-state index in [0.717, 1.165) is 6.54 Å². The zero-order valence-electron chi connectivity index (χ0n) is 11.9. The van der Waals surface area contributed by atoms with Crippen LogP contribution in [0.15, 0.2) is 29.8 Å². The lowest BCUT2D eigenvalue weighted by Crippen LogP contribution is -2.20. The van der Waals surface area contributed by atoms with Crippen LogP contribution < -0.4 is 5.32 Å². The molecule has 98 valence electrons. The van der Waals surface area contributed by atoms with Gasteiger partial charge in [-0.3, -0.25) is 0 Å². The van der Waals surface area contributed by atoms with Gasteiger partial charge in [0.25, 0.3) is 0 Å². The number of hydrogen-bond donors (Lipinski definition) is 1. The van der Waals surface area contributed by atoms with Crippen LogP contribution in [-0.4, -0.2) is 6.54 Å². The van der Waals surface area contributed by atoms with Crippen LogP contribution >= 0.6 is 0 Å². The first-order valence-corrected chi connectivity index (χ1v) is 7.15. The van der Waals surface area contributed by atoms with Gasteiger partial charge in [0.05, 0.1) is 0 Å². The van der Waals surface area contributed by atoms with Crippen molar-refractivity contribution < 1.29 is 0 Å². The second kappa shape index (κ2) is 6.19. The second-order valence-corrected chi connectivity index (χ2v) is 5.54. The Bertz CT molecular complexity index is 431. The third-order valence-corrected chi connectivity index (χ3v) is 3.92. The molecule has 1 nitrogen and oxygen atoms in total. The number of nitrogens with one attached hydrogen (secondary N) is 1. The average Bonchev–Trinajstić information content (AvgIpc) is 2.81. The highest BCUT2D eigenvalue weighted by Gasteiger charge is 2.09. The average molecular weight is 243 g/mol. The van der Waals surface area contributed by atoms with Crippen LogP contribution in [0.4, 0.5) is 0 Å². The Balaban J connectivity index is 1.85. The highest BCUT2D eigenvalue weighted by molar-refractivity contribution is 5.32. The van der Waals surface area contributed by atoms with Gasteiger partial charge in [-0.15, -0.1) is 0 Å². The van der Waals surface area contributed by atoms with E-state index in [1.165, 1.54) is 42.4 Å². The Morgan fingerprint density at radius 1 is 1.28 bits per heavy atom. The lowest BCUT2D eigenvalue weighted by atomic mass is 10.00.